The lowest BCUT2D eigenvalue weighted by Crippen LogP contribution is -2.52. The van der Waals surface area contributed by atoms with Gasteiger partial charge in [-0.2, -0.15) is 0 Å². The summed E-state index contributed by atoms with van der Waals surface area (Å²) in [6, 6.07) is 3.55. The Hall–Kier alpha value is -3.14. The molecule has 198 valence electrons. The van der Waals surface area contributed by atoms with Gasteiger partial charge in [-0.1, -0.05) is 24.4 Å². The number of nitrogens with zero attached hydrogens (tertiary/aromatic N) is 5. The first-order valence-electron chi connectivity index (χ1n) is 12.9. The maximum Gasteiger partial charge on any atom is 0.307 e. The number of aromatic nitrogens is 3. The largest absolute Gasteiger partial charge is 0.485 e. The summed E-state index contributed by atoms with van der Waals surface area (Å²) in [4.78, 5) is 42.5. The van der Waals surface area contributed by atoms with Crippen LogP contribution in [0.25, 0.3) is 0 Å². The van der Waals surface area contributed by atoms with E-state index in [0.717, 1.165) is 24.2 Å². The van der Waals surface area contributed by atoms with Gasteiger partial charge in [0, 0.05) is 37.1 Å². The van der Waals surface area contributed by atoms with Gasteiger partial charge < -0.3 is 24.2 Å². The Bertz CT molecular complexity index is 1230. The molecule has 3 heterocycles. The minimum absolute atomic E-state index is 0.0380. The SMILES string of the molecule is Cc1nnc(COc2ccc(Cl)c3c2C(N2CCCC2=O)N(C(=O)[C@@H]2CCCC[C@@H]2C(=O)O)CC3)n1C. The first kappa shape index (κ1) is 25.5. The number of amides is 2. The summed E-state index contributed by atoms with van der Waals surface area (Å²) in [5.74, 6) is -0.582. The molecule has 2 amide bonds. The van der Waals surface area contributed by atoms with Gasteiger partial charge in [-0.15, -0.1) is 10.2 Å². The first-order valence-corrected chi connectivity index (χ1v) is 13.3. The zero-order valence-electron chi connectivity index (χ0n) is 21.2. The zero-order chi connectivity index (χ0) is 26.3. The smallest absolute Gasteiger partial charge is 0.307 e. The van der Waals surface area contributed by atoms with Crippen LogP contribution in [0.3, 0.4) is 0 Å². The summed E-state index contributed by atoms with van der Waals surface area (Å²) in [6.07, 6.45) is 3.53. The fraction of sp³-hybridized carbons (Fsp3) is 0.577. The Morgan fingerprint density at radius 1 is 1.11 bits per heavy atom. The summed E-state index contributed by atoms with van der Waals surface area (Å²) >= 11 is 6.64. The van der Waals surface area contributed by atoms with E-state index < -0.39 is 24.0 Å². The number of halogens is 1. The third kappa shape index (κ3) is 4.67. The molecule has 1 aliphatic carbocycles. The molecule has 2 aromatic rings. The van der Waals surface area contributed by atoms with Gasteiger partial charge in [-0.05, 0) is 50.3 Å². The Balaban J connectivity index is 1.54. The minimum atomic E-state index is -0.935. The second kappa shape index (κ2) is 10.3. The van der Waals surface area contributed by atoms with Gasteiger partial charge in [0.1, 0.15) is 24.3 Å². The van der Waals surface area contributed by atoms with Crippen LogP contribution in [0.1, 0.15) is 67.5 Å². The number of aliphatic carboxylic acids is 1. The lowest BCUT2D eigenvalue weighted by molar-refractivity contribution is -0.157. The number of carboxylic acids is 1. The van der Waals surface area contributed by atoms with Crippen molar-refractivity contribution >= 4 is 29.4 Å². The van der Waals surface area contributed by atoms with Crippen LogP contribution in [0.4, 0.5) is 0 Å². The Kier molecular flexibility index (Phi) is 7.11. The van der Waals surface area contributed by atoms with E-state index in [-0.39, 0.29) is 18.4 Å². The number of carbonyl (C=O) groups is 3. The monoisotopic (exact) mass is 529 g/mol. The first-order chi connectivity index (χ1) is 17.8. The number of fused-ring (bicyclic) bond motifs is 1. The van der Waals surface area contributed by atoms with Gasteiger partial charge in [-0.3, -0.25) is 14.4 Å². The van der Waals surface area contributed by atoms with Crippen LogP contribution >= 0.6 is 11.6 Å². The van der Waals surface area contributed by atoms with E-state index in [9.17, 15) is 19.5 Å². The third-order valence-electron chi connectivity index (χ3n) is 8.04. The van der Waals surface area contributed by atoms with Gasteiger partial charge in [0.15, 0.2) is 5.82 Å². The predicted molar refractivity (Wildman–Crippen MR) is 134 cm³/mol. The molecule has 1 aromatic heterocycles. The fourth-order valence-corrected chi connectivity index (χ4v) is 6.19. The summed E-state index contributed by atoms with van der Waals surface area (Å²) in [5.41, 5.74) is 1.55. The molecule has 3 atom stereocenters. The van der Waals surface area contributed by atoms with Crippen molar-refractivity contribution in [2.24, 2.45) is 18.9 Å². The number of hydrogen-bond donors (Lipinski definition) is 1. The third-order valence-corrected chi connectivity index (χ3v) is 8.40. The van der Waals surface area contributed by atoms with Crippen LogP contribution in [-0.2, 0) is 34.5 Å². The number of carboxylic acid groups (broad SMARTS) is 1. The van der Waals surface area contributed by atoms with Crippen LogP contribution in [0, 0.1) is 18.8 Å². The average molecular weight is 530 g/mol. The minimum Gasteiger partial charge on any atom is -0.485 e. The molecule has 2 aliphatic heterocycles. The topological polar surface area (TPSA) is 118 Å². The van der Waals surface area contributed by atoms with Crippen molar-refractivity contribution in [2.75, 3.05) is 13.1 Å². The van der Waals surface area contributed by atoms with Crippen molar-refractivity contribution in [1.82, 2.24) is 24.6 Å². The summed E-state index contributed by atoms with van der Waals surface area (Å²) in [6.45, 7) is 2.88. The molecule has 10 nitrogen and oxygen atoms in total. The molecule has 1 unspecified atom stereocenters. The van der Waals surface area contributed by atoms with Gasteiger partial charge in [0.25, 0.3) is 0 Å². The number of rotatable bonds is 6. The van der Waals surface area contributed by atoms with Crippen molar-refractivity contribution in [3.8, 4) is 5.75 Å². The quantitative estimate of drug-likeness (QED) is 0.610. The van der Waals surface area contributed by atoms with Crippen molar-refractivity contribution in [3.05, 3.63) is 39.9 Å². The molecule has 1 saturated heterocycles. The molecule has 1 N–H and O–H groups in total. The standard InChI is InChI=1S/C26H32ClN5O5/c1-15-28-29-21(30(15)2)14-37-20-10-9-19(27)18-11-13-32(24(23(18)20)31-12-5-8-22(31)33)25(34)16-6-3-4-7-17(16)26(35)36/h9-10,16-17,24H,3-8,11-14H2,1-2H3,(H,35,36)/t16-,17+,24?/m1/s1. The number of aryl methyl sites for hydroxylation is 1. The van der Waals surface area contributed by atoms with Crippen molar-refractivity contribution < 1.29 is 24.2 Å². The molecular weight excluding hydrogens is 498 g/mol. The van der Waals surface area contributed by atoms with Gasteiger partial charge >= 0.3 is 5.97 Å². The summed E-state index contributed by atoms with van der Waals surface area (Å²) in [7, 11) is 1.86. The fourth-order valence-electron chi connectivity index (χ4n) is 5.93. The normalized spacial score (nSPS) is 23.8. The lowest BCUT2D eigenvalue weighted by Gasteiger charge is -2.45. The van der Waals surface area contributed by atoms with Gasteiger partial charge in [-0.25, -0.2) is 0 Å². The second-order valence-corrected chi connectivity index (χ2v) is 10.5. The maximum atomic E-state index is 14.0. The maximum absolute atomic E-state index is 14.0. The van der Waals surface area contributed by atoms with Crippen LogP contribution in [0.2, 0.25) is 5.02 Å². The molecule has 37 heavy (non-hydrogen) atoms. The number of ether oxygens (including phenoxy) is 1. The molecule has 0 bridgehead atoms. The van der Waals surface area contributed by atoms with Crippen molar-refractivity contribution in [2.45, 2.75) is 64.6 Å². The molecule has 0 spiro atoms. The highest BCUT2D eigenvalue weighted by Crippen LogP contribution is 2.45. The second-order valence-electron chi connectivity index (χ2n) is 10.1. The predicted octanol–water partition coefficient (Wildman–Crippen LogP) is 3.25. The highest BCUT2D eigenvalue weighted by atomic mass is 35.5. The van der Waals surface area contributed by atoms with Crippen LogP contribution in [0.5, 0.6) is 5.75 Å². The number of hydrogen-bond acceptors (Lipinski definition) is 6. The van der Waals surface area contributed by atoms with Crippen LogP contribution < -0.4 is 4.74 Å². The van der Waals surface area contributed by atoms with Crippen molar-refractivity contribution in [1.29, 1.82) is 0 Å². The molecule has 5 rings (SSSR count). The van der Waals surface area contributed by atoms with Gasteiger partial charge in [0.05, 0.1) is 11.8 Å². The van der Waals surface area contributed by atoms with Crippen LogP contribution in [0.15, 0.2) is 12.1 Å². The summed E-state index contributed by atoms with van der Waals surface area (Å²) < 4.78 is 8.09. The molecular formula is C26H32ClN5O5. The lowest BCUT2D eigenvalue weighted by atomic mass is 9.78. The molecule has 2 fully saturated rings. The molecule has 3 aliphatic rings. The average Bonchev–Trinajstić information content (AvgIpc) is 3.47. The molecule has 1 saturated carbocycles. The van der Waals surface area contributed by atoms with E-state index in [2.05, 4.69) is 10.2 Å². The molecule has 1 aromatic carbocycles. The Labute approximate surface area is 220 Å². The Morgan fingerprint density at radius 2 is 1.86 bits per heavy atom. The van der Waals surface area contributed by atoms with Gasteiger partial charge in [0.2, 0.25) is 11.8 Å². The van der Waals surface area contributed by atoms with E-state index in [4.69, 9.17) is 16.3 Å². The summed E-state index contributed by atoms with van der Waals surface area (Å²) in [5, 5.41) is 18.6. The number of likely N-dealkylation sites (tertiary alicyclic amines) is 1. The van der Waals surface area contributed by atoms with E-state index in [1.165, 1.54) is 0 Å². The van der Waals surface area contributed by atoms with E-state index in [1.54, 1.807) is 21.9 Å². The van der Waals surface area contributed by atoms with E-state index in [0.29, 0.717) is 67.4 Å². The zero-order valence-corrected chi connectivity index (χ0v) is 21.9. The van der Waals surface area contributed by atoms with Crippen LogP contribution in [-0.4, -0.2) is 60.5 Å². The molecule has 11 heteroatoms. The highest BCUT2D eigenvalue weighted by molar-refractivity contribution is 6.31. The highest BCUT2D eigenvalue weighted by Gasteiger charge is 2.46. The van der Waals surface area contributed by atoms with E-state index in [1.807, 2.05) is 18.5 Å². The number of carbonyl (C=O) groups excluding carboxylic acids is 2. The van der Waals surface area contributed by atoms with Crippen molar-refractivity contribution in [3.63, 3.8) is 0 Å². The number of benzene rings is 1. The van der Waals surface area contributed by atoms with E-state index >= 15 is 0 Å². The Morgan fingerprint density at radius 3 is 2.51 bits per heavy atom. The molecule has 0 radical (unpaired) electrons.